The minimum absolute atomic E-state index is 0.00402. The topological polar surface area (TPSA) is 86.1 Å². The van der Waals surface area contributed by atoms with E-state index in [1.54, 1.807) is 11.1 Å². The Morgan fingerprint density at radius 1 is 1.33 bits per heavy atom. The summed E-state index contributed by atoms with van der Waals surface area (Å²) in [7, 11) is 1.58. The van der Waals surface area contributed by atoms with Crippen LogP contribution in [0, 0.1) is 0 Å². The highest BCUT2D eigenvalue weighted by atomic mass is 32.1. The van der Waals surface area contributed by atoms with Crippen molar-refractivity contribution in [2.75, 3.05) is 12.4 Å². The first-order valence-corrected chi connectivity index (χ1v) is 8.96. The molecule has 0 aliphatic rings. The highest BCUT2D eigenvalue weighted by Gasteiger charge is 2.10. The van der Waals surface area contributed by atoms with Crippen LogP contribution in [0.3, 0.4) is 0 Å². The lowest BCUT2D eigenvalue weighted by molar-refractivity contribution is -0.116. The monoisotopic (exact) mass is 364 g/mol. The number of aromatic nitrogens is 3. The lowest BCUT2D eigenvalue weighted by Crippen LogP contribution is -2.16. The Balaban J connectivity index is 1.52. The Kier molecular flexibility index (Phi) is 5.34. The van der Waals surface area contributed by atoms with Crippen LogP contribution in [-0.4, -0.2) is 27.2 Å². The fraction of sp³-hybridized carbons (Fsp3) is 0.333. The van der Waals surface area contributed by atoms with Gasteiger partial charge in [-0.3, -0.25) is 13.5 Å². The molecule has 0 fully saturated rings. The van der Waals surface area contributed by atoms with Gasteiger partial charge in [0.15, 0.2) is 0 Å². The van der Waals surface area contributed by atoms with Gasteiger partial charge in [0.25, 0.3) is 5.56 Å². The van der Waals surface area contributed by atoms with Crippen molar-refractivity contribution in [1.29, 1.82) is 0 Å². The predicted molar refractivity (Wildman–Crippen MR) is 94.6 cm³/mol. The second-order valence-electron chi connectivity index (χ2n) is 5.08. The lowest BCUT2D eigenvalue weighted by Gasteiger charge is -2.01. The van der Waals surface area contributed by atoms with Crippen LogP contribution in [0.5, 0.6) is 0 Å². The van der Waals surface area contributed by atoms with E-state index < -0.39 is 0 Å². The molecule has 2 aromatic heterocycles. The molecule has 1 amide bonds. The number of carbonyl (C=O) groups is 1. The van der Waals surface area contributed by atoms with Crippen molar-refractivity contribution in [2.45, 2.75) is 26.0 Å². The Morgan fingerprint density at radius 2 is 2.17 bits per heavy atom. The number of fused-ring (bicyclic) bond motifs is 1. The van der Waals surface area contributed by atoms with Crippen LogP contribution >= 0.6 is 22.9 Å². The van der Waals surface area contributed by atoms with E-state index in [2.05, 4.69) is 15.5 Å². The number of rotatable bonds is 7. The highest BCUT2D eigenvalue weighted by Crippen LogP contribution is 2.17. The smallest absolute Gasteiger partial charge is 0.268 e. The molecule has 24 heavy (non-hydrogen) atoms. The number of anilines is 1. The molecule has 0 bridgehead atoms. The van der Waals surface area contributed by atoms with Gasteiger partial charge in [-0.25, -0.2) is 0 Å². The van der Waals surface area contributed by atoms with E-state index in [0.29, 0.717) is 36.1 Å². The lowest BCUT2D eigenvalue weighted by atomic mass is 10.3. The van der Waals surface area contributed by atoms with Crippen molar-refractivity contribution < 1.29 is 9.53 Å². The van der Waals surface area contributed by atoms with Crippen LogP contribution in [0.4, 0.5) is 5.13 Å². The second-order valence-corrected chi connectivity index (χ2v) is 7.21. The fourth-order valence-corrected chi connectivity index (χ4v) is 3.98. The third kappa shape index (κ3) is 3.86. The number of hydrogen-bond acceptors (Lipinski definition) is 7. The molecule has 0 aliphatic carbocycles. The minimum Gasteiger partial charge on any atom is -0.377 e. The standard InChI is InChI=1S/C15H16N4O3S2/c1-22-9-13-17-18-15(23-13)16-12(20)7-4-8-19-14(21)10-5-2-3-6-11(10)24-19/h2-3,5-6H,4,7-9H2,1H3,(H,16,18,20). The zero-order valence-corrected chi connectivity index (χ0v) is 14.7. The number of ether oxygens (including phenoxy) is 1. The third-order valence-electron chi connectivity index (χ3n) is 3.30. The summed E-state index contributed by atoms with van der Waals surface area (Å²) in [6.07, 6.45) is 0.905. The van der Waals surface area contributed by atoms with Crippen molar-refractivity contribution in [1.82, 2.24) is 14.2 Å². The molecule has 0 radical (unpaired) electrons. The first kappa shape index (κ1) is 16.7. The predicted octanol–water partition coefficient (Wildman–Crippen LogP) is 2.48. The Hall–Kier alpha value is -2.10. The maximum atomic E-state index is 12.2. The summed E-state index contributed by atoms with van der Waals surface area (Å²) in [6, 6.07) is 7.52. The average Bonchev–Trinajstić information content (AvgIpc) is 3.13. The fourth-order valence-electron chi connectivity index (χ4n) is 2.22. The normalized spacial score (nSPS) is 11.0. The summed E-state index contributed by atoms with van der Waals surface area (Å²) in [4.78, 5) is 24.1. The van der Waals surface area contributed by atoms with E-state index in [0.717, 1.165) is 10.1 Å². The zero-order chi connectivity index (χ0) is 16.9. The molecule has 0 saturated heterocycles. The van der Waals surface area contributed by atoms with Crippen LogP contribution < -0.4 is 10.9 Å². The summed E-state index contributed by atoms with van der Waals surface area (Å²) in [6.45, 7) is 0.902. The average molecular weight is 364 g/mol. The minimum atomic E-state index is -0.135. The van der Waals surface area contributed by atoms with Gasteiger partial charge < -0.3 is 10.1 Å². The van der Waals surface area contributed by atoms with E-state index in [9.17, 15) is 9.59 Å². The molecule has 3 aromatic rings. The molecule has 0 aliphatic heterocycles. The van der Waals surface area contributed by atoms with Crippen LogP contribution in [0.25, 0.3) is 10.1 Å². The largest absolute Gasteiger partial charge is 0.377 e. The molecule has 2 heterocycles. The first-order chi connectivity index (χ1) is 11.7. The maximum Gasteiger partial charge on any atom is 0.268 e. The quantitative estimate of drug-likeness (QED) is 0.696. The molecule has 7 nitrogen and oxygen atoms in total. The van der Waals surface area contributed by atoms with Crippen molar-refractivity contribution in [3.63, 3.8) is 0 Å². The summed E-state index contributed by atoms with van der Waals surface area (Å²) in [5, 5.41) is 12.4. The number of aryl methyl sites for hydroxylation is 1. The highest BCUT2D eigenvalue weighted by molar-refractivity contribution is 7.15. The molecule has 126 valence electrons. The number of methoxy groups -OCH3 is 1. The summed E-state index contributed by atoms with van der Waals surface area (Å²) in [5.41, 5.74) is 0.00402. The third-order valence-corrected chi connectivity index (χ3v) is 5.23. The molecular weight excluding hydrogens is 348 g/mol. The van der Waals surface area contributed by atoms with Crippen LogP contribution in [0.1, 0.15) is 17.8 Å². The van der Waals surface area contributed by atoms with Gasteiger partial charge in [-0.2, -0.15) is 0 Å². The van der Waals surface area contributed by atoms with Crippen molar-refractivity contribution in [3.8, 4) is 0 Å². The number of hydrogen-bond donors (Lipinski definition) is 1. The molecule has 9 heteroatoms. The van der Waals surface area contributed by atoms with E-state index >= 15 is 0 Å². The van der Waals surface area contributed by atoms with Gasteiger partial charge in [0.2, 0.25) is 11.0 Å². The van der Waals surface area contributed by atoms with Crippen molar-refractivity contribution in [3.05, 3.63) is 39.6 Å². The van der Waals surface area contributed by atoms with E-state index in [-0.39, 0.29) is 11.5 Å². The molecule has 0 unspecified atom stereocenters. The summed E-state index contributed by atoms with van der Waals surface area (Å²) >= 11 is 2.72. The van der Waals surface area contributed by atoms with E-state index in [1.807, 2.05) is 24.3 Å². The molecule has 1 aromatic carbocycles. The number of nitrogens with zero attached hydrogens (tertiary/aromatic N) is 3. The summed E-state index contributed by atoms with van der Waals surface area (Å²) in [5.74, 6) is -0.135. The van der Waals surface area contributed by atoms with Crippen molar-refractivity contribution in [2.24, 2.45) is 0 Å². The molecular formula is C15H16N4O3S2. The van der Waals surface area contributed by atoms with Gasteiger partial charge in [0.05, 0.1) is 10.1 Å². The number of carbonyl (C=O) groups excluding carboxylic acids is 1. The molecule has 1 N–H and O–H groups in total. The van der Waals surface area contributed by atoms with Gasteiger partial charge in [0, 0.05) is 20.1 Å². The number of benzene rings is 1. The van der Waals surface area contributed by atoms with Gasteiger partial charge in [-0.05, 0) is 18.6 Å². The number of amides is 1. The Labute approximate surface area is 146 Å². The Bertz CT molecular complexity index is 899. The van der Waals surface area contributed by atoms with Gasteiger partial charge in [-0.1, -0.05) is 35.0 Å². The van der Waals surface area contributed by atoms with Crippen molar-refractivity contribution >= 4 is 44.0 Å². The van der Waals surface area contributed by atoms with E-state index in [1.165, 1.54) is 22.9 Å². The zero-order valence-electron chi connectivity index (χ0n) is 13.0. The van der Waals surface area contributed by atoms with Gasteiger partial charge >= 0.3 is 0 Å². The van der Waals surface area contributed by atoms with Crippen LogP contribution in [0.15, 0.2) is 29.1 Å². The first-order valence-electron chi connectivity index (χ1n) is 7.37. The van der Waals surface area contributed by atoms with E-state index in [4.69, 9.17) is 4.74 Å². The number of nitrogens with one attached hydrogen (secondary N) is 1. The van der Waals surface area contributed by atoms with Gasteiger partial charge in [0.1, 0.15) is 11.6 Å². The second kappa shape index (κ2) is 7.65. The molecule has 0 saturated carbocycles. The van der Waals surface area contributed by atoms with Crippen LogP contribution in [0.2, 0.25) is 0 Å². The molecule has 0 spiro atoms. The summed E-state index contributed by atoms with van der Waals surface area (Å²) < 4.78 is 7.62. The molecule has 3 rings (SSSR count). The van der Waals surface area contributed by atoms with Crippen LogP contribution in [-0.2, 0) is 22.7 Å². The SMILES string of the molecule is COCc1nnc(NC(=O)CCCn2sc3ccccc3c2=O)s1. The van der Waals surface area contributed by atoms with Gasteiger partial charge in [-0.15, -0.1) is 10.2 Å². The Morgan fingerprint density at radius 3 is 2.96 bits per heavy atom. The molecule has 0 atom stereocenters. The maximum absolute atomic E-state index is 12.2.